The van der Waals surface area contributed by atoms with Crippen molar-refractivity contribution in [2.24, 2.45) is 11.8 Å². The van der Waals surface area contributed by atoms with Gasteiger partial charge in [-0.2, -0.15) is 4.98 Å². The quantitative estimate of drug-likeness (QED) is 0.649. The maximum absolute atomic E-state index is 5.51. The number of hydrogen-bond acceptors (Lipinski definition) is 5. The molecule has 2 atom stereocenters. The molecule has 1 aromatic heterocycles. The summed E-state index contributed by atoms with van der Waals surface area (Å²) in [6.45, 7) is 5.59. The third-order valence-corrected chi connectivity index (χ3v) is 4.10. The van der Waals surface area contributed by atoms with Crippen LogP contribution in [0.15, 0.2) is 24.3 Å². The first-order chi connectivity index (χ1) is 9.69. The van der Waals surface area contributed by atoms with Crippen molar-refractivity contribution < 1.29 is 0 Å². The monoisotopic (exact) mass is 271 g/mol. The van der Waals surface area contributed by atoms with E-state index in [1.54, 1.807) is 0 Å². The number of nitrogen functional groups attached to an aromatic ring is 1. The molecule has 1 fully saturated rings. The van der Waals surface area contributed by atoms with Crippen molar-refractivity contribution in [1.82, 2.24) is 9.97 Å². The normalized spacial score (nSPS) is 23.1. The van der Waals surface area contributed by atoms with Crippen LogP contribution in [0.3, 0.4) is 0 Å². The smallest absolute Gasteiger partial charge is 0.239 e. The molecule has 2 heterocycles. The zero-order chi connectivity index (χ0) is 14.1. The van der Waals surface area contributed by atoms with Crippen molar-refractivity contribution in [3.63, 3.8) is 0 Å². The van der Waals surface area contributed by atoms with Gasteiger partial charge in [0.2, 0.25) is 5.95 Å². The molecule has 0 radical (unpaired) electrons. The number of para-hydroxylation sites is 1. The Labute approximate surface area is 119 Å². The Kier molecular flexibility index (Phi) is 3.44. The number of piperidine rings is 1. The molecule has 0 spiro atoms. The van der Waals surface area contributed by atoms with Gasteiger partial charge in [0.1, 0.15) is 5.82 Å². The van der Waals surface area contributed by atoms with Gasteiger partial charge in [-0.1, -0.05) is 19.1 Å². The first-order valence-corrected chi connectivity index (χ1v) is 7.19. The fraction of sp³-hybridized carbons (Fsp3) is 0.467. The third-order valence-electron chi connectivity index (χ3n) is 4.10. The molecule has 0 saturated carbocycles. The van der Waals surface area contributed by atoms with E-state index in [9.17, 15) is 0 Å². The second kappa shape index (κ2) is 5.25. The van der Waals surface area contributed by atoms with Crippen LogP contribution in [0.1, 0.15) is 26.7 Å². The summed E-state index contributed by atoms with van der Waals surface area (Å²) >= 11 is 0. The molecule has 0 aliphatic carbocycles. The second-order valence-electron chi connectivity index (χ2n) is 5.72. The second-order valence-corrected chi connectivity index (χ2v) is 5.72. The van der Waals surface area contributed by atoms with E-state index in [1.165, 1.54) is 12.8 Å². The molecule has 1 aliphatic heterocycles. The van der Waals surface area contributed by atoms with Gasteiger partial charge in [0.25, 0.3) is 0 Å². The van der Waals surface area contributed by atoms with E-state index < -0.39 is 0 Å². The van der Waals surface area contributed by atoms with Crippen LogP contribution in [0.25, 0.3) is 10.9 Å². The van der Waals surface area contributed by atoms with E-state index in [1.807, 2.05) is 18.2 Å². The lowest BCUT2D eigenvalue weighted by atomic mass is 9.95. The van der Waals surface area contributed by atoms with Gasteiger partial charge >= 0.3 is 0 Å². The number of hydrazine groups is 1. The molecule has 1 aliphatic rings. The fourth-order valence-corrected chi connectivity index (χ4v) is 2.93. The van der Waals surface area contributed by atoms with E-state index in [-0.39, 0.29) is 0 Å². The summed E-state index contributed by atoms with van der Waals surface area (Å²) in [5.41, 5.74) is 3.50. The Morgan fingerprint density at radius 3 is 2.80 bits per heavy atom. The van der Waals surface area contributed by atoms with Crippen LogP contribution in [-0.2, 0) is 0 Å². The summed E-state index contributed by atoms with van der Waals surface area (Å²) in [6.07, 6.45) is 2.48. The highest BCUT2D eigenvalue weighted by molar-refractivity contribution is 5.90. The molecule has 20 heavy (non-hydrogen) atoms. The Balaban J connectivity index is 2.13. The molecule has 1 saturated heterocycles. The van der Waals surface area contributed by atoms with Gasteiger partial charge in [0.15, 0.2) is 0 Å². The SMILES string of the molecule is CC1CCC(C)N(c2nc(NN)nc3ccccc23)C1. The molecule has 106 valence electrons. The van der Waals surface area contributed by atoms with Crippen molar-refractivity contribution >= 4 is 22.7 Å². The minimum absolute atomic E-state index is 0.476. The van der Waals surface area contributed by atoms with Crippen LogP contribution in [-0.4, -0.2) is 22.6 Å². The van der Waals surface area contributed by atoms with Crippen molar-refractivity contribution in [2.45, 2.75) is 32.7 Å². The minimum atomic E-state index is 0.476. The van der Waals surface area contributed by atoms with Gasteiger partial charge in [-0.25, -0.2) is 10.8 Å². The van der Waals surface area contributed by atoms with Gasteiger partial charge in [-0.05, 0) is 37.8 Å². The van der Waals surface area contributed by atoms with Crippen LogP contribution in [0.2, 0.25) is 0 Å². The Morgan fingerprint density at radius 2 is 2.00 bits per heavy atom. The van der Waals surface area contributed by atoms with Crippen LogP contribution in [0, 0.1) is 5.92 Å². The number of aromatic nitrogens is 2. The molecule has 1 aromatic carbocycles. The molecule has 0 bridgehead atoms. The molecule has 0 amide bonds. The summed E-state index contributed by atoms with van der Waals surface area (Å²) in [5.74, 6) is 7.66. The van der Waals surface area contributed by atoms with Gasteiger partial charge in [-0.15, -0.1) is 0 Å². The van der Waals surface area contributed by atoms with E-state index >= 15 is 0 Å². The molecular weight excluding hydrogens is 250 g/mol. The lowest BCUT2D eigenvalue weighted by Crippen LogP contribution is -2.41. The predicted molar refractivity (Wildman–Crippen MR) is 82.6 cm³/mol. The number of anilines is 2. The summed E-state index contributed by atoms with van der Waals surface area (Å²) in [4.78, 5) is 11.4. The number of nitrogens with zero attached hydrogens (tertiary/aromatic N) is 3. The van der Waals surface area contributed by atoms with Crippen molar-refractivity contribution in [3.8, 4) is 0 Å². The summed E-state index contributed by atoms with van der Waals surface area (Å²) < 4.78 is 0. The van der Waals surface area contributed by atoms with Crippen LogP contribution < -0.4 is 16.2 Å². The fourth-order valence-electron chi connectivity index (χ4n) is 2.93. The number of nitrogens with one attached hydrogen (secondary N) is 1. The number of hydrogen-bond donors (Lipinski definition) is 2. The van der Waals surface area contributed by atoms with Crippen molar-refractivity contribution in [2.75, 3.05) is 16.9 Å². The zero-order valence-electron chi connectivity index (χ0n) is 12.0. The number of nitrogens with two attached hydrogens (primary N) is 1. The number of fused-ring (bicyclic) bond motifs is 1. The summed E-state index contributed by atoms with van der Waals surface area (Å²) in [6, 6.07) is 8.59. The maximum atomic E-state index is 5.51. The maximum Gasteiger partial charge on any atom is 0.239 e. The Hall–Kier alpha value is -1.88. The Morgan fingerprint density at radius 1 is 1.20 bits per heavy atom. The zero-order valence-corrected chi connectivity index (χ0v) is 12.0. The largest absolute Gasteiger partial charge is 0.353 e. The first kappa shape index (κ1) is 13.1. The number of rotatable bonds is 2. The standard InChI is InChI=1S/C15H21N5/c1-10-7-8-11(2)20(9-10)14-12-5-3-4-6-13(12)17-15(18-14)19-16/h3-6,10-11H,7-9,16H2,1-2H3,(H,17,18,19). The summed E-state index contributed by atoms with van der Waals surface area (Å²) in [7, 11) is 0. The lowest BCUT2D eigenvalue weighted by Gasteiger charge is -2.38. The highest BCUT2D eigenvalue weighted by atomic mass is 15.3. The van der Waals surface area contributed by atoms with Crippen molar-refractivity contribution in [1.29, 1.82) is 0 Å². The van der Waals surface area contributed by atoms with Crippen LogP contribution >= 0.6 is 0 Å². The molecule has 3 rings (SSSR count). The molecule has 3 N–H and O–H groups in total. The van der Waals surface area contributed by atoms with Gasteiger partial charge < -0.3 is 4.90 Å². The Bertz CT molecular complexity index is 612. The first-order valence-electron chi connectivity index (χ1n) is 7.19. The molecule has 5 heteroatoms. The van der Waals surface area contributed by atoms with Crippen LogP contribution in [0.4, 0.5) is 11.8 Å². The van der Waals surface area contributed by atoms with Gasteiger partial charge in [-0.3, -0.25) is 5.43 Å². The van der Waals surface area contributed by atoms with E-state index in [4.69, 9.17) is 5.84 Å². The molecule has 2 unspecified atom stereocenters. The van der Waals surface area contributed by atoms with E-state index in [0.717, 1.165) is 23.3 Å². The number of benzene rings is 1. The minimum Gasteiger partial charge on any atom is -0.353 e. The average molecular weight is 271 g/mol. The highest BCUT2D eigenvalue weighted by Crippen LogP contribution is 2.31. The van der Waals surface area contributed by atoms with Gasteiger partial charge in [0.05, 0.1) is 5.52 Å². The lowest BCUT2D eigenvalue weighted by molar-refractivity contribution is 0.389. The molecule has 2 aromatic rings. The average Bonchev–Trinajstić information content (AvgIpc) is 2.48. The predicted octanol–water partition coefficient (Wildman–Crippen LogP) is 2.54. The highest BCUT2D eigenvalue weighted by Gasteiger charge is 2.25. The topological polar surface area (TPSA) is 67.1 Å². The molecule has 5 nitrogen and oxygen atoms in total. The van der Waals surface area contributed by atoms with Crippen molar-refractivity contribution in [3.05, 3.63) is 24.3 Å². The van der Waals surface area contributed by atoms with Crippen LogP contribution in [0.5, 0.6) is 0 Å². The molecular formula is C15H21N5. The van der Waals surface area contributed by atoms with E-state index in [2.05, 4.69) is 40.2 Å². The third kappa shape index (κ3) is 2.29. The summed E-state index contributed by atoms with van der Waals surface area (Å²) in [5, 5.41) is 1.09. The van der Waals surface area contributed by atoms with Gasteiger partial charge in [0, 0.05) is 18.0 Å². The van der Waals surface area contributed by atoms with E-state index in [0.29, 0.717) is 17.9 Å².